The number of amides is 1. The summed E-state index contributed by atoms with van der Waals surface area (Å²) < 4.78 is 5.37. The Morgan fingerprint density at radius 2 is 1.67 bits per heavy atom. The molecular weight excluding hydrogens is 302 g/mol. The Morgan fingerprint density at radius 1 is 1.00 bits per heavy atom. The maximum atomic E-state index is 12.3. The van der Waals surface area contributed by atoms with Gasteiger partial charge in [-0.25, -0.2) is 9.97 Å². The lowest BCUT2D eigenvalue weighted by Crippen LogP contribution is -2.12. The summed E-state index contributed by atoms with van der Waals surface area (Å²) in [5.74, 6) is 1.11. The molecule has 2 aromatic carbocycles. The van der Waals surface area contributed by atoms with Crippen molar-refractivity contribution < 1.29 is 9.53 Å². The Kier molecular flexibility index (Phi) is 4.81. The molecule has 5 nitrogen and oxygen atoms in total. The van der Waals surface area contributed by atoms with Gasteiger partial charge < -0.3 is 10.1 Å². The fourth-order valence-corrected chi connectivity index (χ4v) is 2.19. The maximum absolute atomic E-state index is 12.3. The summed E-state index contributed by atoms with van der Waals surface area (Å²) in [4.78, 5) is 20.8. The quantitative estimate of drug-likeness (QED) is 0.777. The Hall–Kier alpha value is -3.21. The average Bonchev–Trinajstić information content (AvgIpc) is 2.64. The first-order valence-electron chi connectivity index (χ1n) is 7.68. The van der Waals surface area contributed by atoms with Crippen LogP contribution in [0.1, 0.15) is 17.3 Å². The molecule has 0 saturated carbocycles. The first-order chi connectivity index (χ1) is 11.8. The van der Waals surface area contributed by atoms with E-state index in [4.69, 9.17) is 4.74 Å². The fraction of sp³-hybridized carbons (Fsp3) is 0.105. The zero-order valence-corrected chi connectivity index (χ0v) is 13.3. The molecule has 0 aliphatic rings. The van der Waals surface area contributed by atoms with Gasteiger partial charge in [0.05, 0.1) is 12.2 Å². The summed E-state index contributed by atoms with van der Waals surface area (Å²) in [6, 6.07) is 16.8. The SMILES string of the molecule is CCOc1ccc(NC(=O)c2cnc(-c3ccccc3)nc2)cc1. The molecule has 5 heteroatoms. The molecule has 0 atom stereocenters. The molecule has 3 aromatic rings. The van der Waals surface area contributed by atoms with Gasteiger partial charge in [0, 0.05) is 23.6 Å². The van der Waals surface area contributed by atoms with Gasteiger partial charge >= 0.3 is 0 Å². The number of benzene rings is 2. The molecule has 0 unspecified atom stereocenters. The van der Waals surface area contributed by atoms with Crippen LogP contribution >= 0.6 is 0 Å². The third-order valence-electron chi connectivity index (χ3n) is 3.37. The van der Waals surface area contributed by atoms with Crippen LogP contribution in [0.4, 0.5) is 5.69 Å². The standard InChI is InChI=1S/C19H17N3O2/c1-2-24-17-10-8-16(9-11-17)22-19(23)15-12-20-18(21-13-15)14-6-4-3-5-7-14/h3-13H,2H2,1H3,(H,22,23). The van der Waals surface area contributed by atoms with E-state index < -0.39 is 0 Å². The van der Waals surface area contributed by atoms with E-state index in [0.29, 0.717) is 23.7 Å². The number of carbonyl (C=O) groups excluding carboxylic acids is 1. The lowest BCUT2D eigenvalue weighted by Gasteiger charge is -2.07. The summed E-state index contributed by atoms with van der Waals surface area (Å²) in [5, 5.41) is 2.81. The van der Waals surface area contributed by atoms with Gasteiger partial charge in [-0.05, 0) is 31.2 Å². The van der Waals surface area contributed by atoms with Crippen molar-refractivity contribution in [3.8, 4) is 17.1 Å². The zero-order chi connectivity index (χ0) is 16.8. The molecule has 1 amide bonds. The third kappa shape index (κ3) is 3.76. The van der Waals surface area contributed by atoms with Crippen LogP contribution in [0, 0.1) is 0 Å². The van der Waals surface area contributed by atoms with Crippen LogP contribution in [0.15, 0.2) is 67.0 Å². The first-order valence-corrected chi connectivity index (χ1v) is 7.68. The monoisotopic (exact) mass is 319 g/mol. The topological polar surface area (TPSA) is 64.1 Å². The van der Waals surface area contributed by atoms with Gasteiger partial charge in [-0.3, -0.25) is 4.79 Å². The number of hydrogen-bond donors (Lipinski definition) is 1. The largest absolute Gasteiger partial charge is 0.494 e. The minimum Gasteiger partial charge on any atom is -0.494 e. The molecule has 1 aromatic heterocycles. The Morgan fingerprint density at radius 3 is 2.29 bits per heavy atom. The number of nitrogens with one attached hydrogen (secondary N) is 1. The normalized spacial score (nSPS) is 10.2. The van der Waals surface area contributed by atoms with Crippen LogP contribution in [-0.2, 0) is 0 Å². The Labute approximate surface area is 140 Å². The summed E-state index contributed by atoms with van der Waals surface area (Å²) in [6.45, 7) is 2.53. The minimum atomic E-state index is -0.251. The average molecular weight is 319 g/mol. The predicted octanol–water partition coefficient (Wildman–Crippen LogP) is 3.79. The lowest BCUT2D eigenvalue weighted by atomic mass is 10.2. The minimum absolute atomic E-state index is 0.251. The van der Waals surface area contributed by atoms with E-state index in [2.05, 4.69) is 15.3 Å². The lowest BCUT2D eigenvalue weighted by molar-refractivity contribution is 0.102. The fourth-order valence-electron chi connectivity index (χ4n) is 2.19. The van der Waals surface area contributed by atoms with Gasteiger partial charge in [-0.1, -0.05) is 30.3 Å². The van der Waals surface area contributed by atoms with Gasteiger partial charge in [0.1, 0.15) is 5.75 Å². The highest BCUT2D eigenvalue weighted by Crippen LogP contribution is 2.17. The number of aromatic nitrogens is 2. The van der Waals surface area contributed by atoms with Gasteiger partial charge in [-0.15, -0.1) is 0 Å². The van der Waals surface area contributed by atoms with Crippen molar-refractivity contribution in [2.75, 3.05) is 11.9 Å². The number of nitrogens with zero attached hydrogens (tertiary/aromatic N) is 2. The Bertz CT molecular complexity index is 800. The second-order valence-corrected chi connectivity index (χ2v) is 5.07. The van der Waals surface area contributed by atoms with Crippen LogP contribution < -0.4 is 10.1 Å². The van der Waals surface area contributed by atoms with Crippen LogP contribution in [0.5, 0.6) is 5.75 Å². The molecule has 0 aliphatic carbocycles. The number of rotatable bonds is 5. The van der Waals surface area contributed by atoms with Crippen LogP contribution in [0.3, 0.4) is 0 Å². The van der Waals surface area contributed by atoms with E-state index in [9.17, 15) is 4.79 Å². The molecule has 1 heterocycles. The molecule has 24 heavy (non-hydrogen) atoms. The number of ether oxygens (including phenoxy) is 1. The summed E-state index contributed by atoms with van der Waals surface area (Å²) in [6.07, 6.45) is 3.05. The molecule has 0 fully saturated rings. The van der Waals surface area contributed by atoms with Gasteiger partial charge in [0.25, 0.3) is 5.91 Å². The molecule has 0 bridgehead atoms. The molecule has 0 spiro atoms. The smallest absolute Gasteiger partial charge is 0.258 e. The number of hydrogen-bond acceptors (Lipinski definition) is 4. The maximum Gasteiger partial charge on any atom is 0.258 e. The van der Waals surface area contributed by atoms with E-state index in [1.807, 2.05) is 49.4 Å². The van der Waals surface area contributed by atoms with Crippen molar-refractivity contribution in [3.63, 3.8) is 0 Å². The molecular formula is C19H17N3O2. The number of anilines is 1. The molecule has 0 saturated heterocycles. The predicted molar refractivity (Wildman–Crippen MR) is 93.0 cm³/mol. The third-order valence-corrected chi connectivity index (χ3v) is 3.37. The van der Waals surface area contributed by atoms with Crippen molar-refractivity contribution in [1.82, 2.24) is 9.97 Å². The number of carbonyl (C=O) groups is 1. The second-order valence-electron chi connectivity index (χ2n) is 5.07. The van der Waals surface area contributed by atoms with E-state index in [0.717, 1.165) is 11.3 Å². The van der Waals surface area contributed by atoms with E-state index in [1.165, 1.54) is 12.4 Å². The van der Waals surface area contributed by atoms with Crippen LogP contribution in [-0.4, -0.2) is 22.5 Å². The highest BCUT2D eigenvalue weighted by atomic mass is 16.5. The van der Waals surface area contributed by atoms with Gasteiger partial charge in [-0.2, -0.15) is 0 Å². The molecule has 3 rings (SSSR count). The molecule has 120 valence electrons. The summed E-state index contributed by atoms with van der Waals surface area (Å²) in [5.41, 5.74) is 2.01. The van der Waals surface area contributed by atoms with Crippen molar-refractivity contribution in [3.05, 3.63) is 72.6 Å². The van der Waals surface area contributed by atoms with E-state index >= 15 is 0 Å². The molecule has 0 aliphatic heterocycles. The molecule has 1 N–H and O–H groups in total. The summed E-state index contributed by atoms with van der Waals surface area (Å²) in [7, 11) is 0. The van der Waals surface area contributed by atoms with Crippen LogP contribution in [0.25, 0.3) is 11.4 Å². The van der Waals surface area contributed by atoms with E-state index in [1.54, 1.807) is 12.1 Å². The van der Waals surface area contributed by atoms with Crippen molar-refractivity contribution >= 4 is 11.6 Å². The molecule has 0 radical (unpaired) electrons. The highest BCUT2D eigenvalue weighted by molar-refractivity contribution is 6.03. The highest BCUT2D eigenvalue weighted by Gasteiger charge is 2.08. The second kappa shape index (κ2) is 7.37. The first kappa shape index (κ1) is 15.7. The Balaban J connectivity index is 1.69. The van der Waals surface area contributed by atoms with E-state index in [-0.39, 0.29) is 5.91 Å². The van der Waals surface area contributed by atoms with Gasteiger partial charge in [0.2, 0.25) is 0 Å². The van der Waals surface area contributed by atoms with Crippen LogP contribution in [0.2, 0.25) is 0 Å². The van der Waals surface area contributed by atoms with Crippen molar-refractivity contribution in [2.24, 2.45) is 0 Å². The zero-order valence-electron chi connectivity index (χ0n) is 13.3. The van der Waals surface area contributed by atoms with Crippen molar-refractivity contribution in [2.45, 2.75) is 6.92 Å². The van der Waals surface area contributed by atoms with Crippen molar-refractivity contribution in [1.29, 1.82) is 0 Å². The summed E-state index contributed by atoms with van der Waals surface area (Å²) >= 11 is 0. The van der Waals surface area contributed by atoms with Gasteiger partial charge in [0.15, 0.2) is 5.82 Å².